The summed E-state index contributed by atoms with van der Waals surface area (Å²) < 4.78 is 19.1. The van der Waals surface area contributed by atoms with Crippen molar-refractivity contribution in [3.8, 4) is 5.75 Å². The van der Waals surface area contributed by atoms with Crippen LogP contribution in [0.5, 0.6) is 5.75 Å². The normalized spacial score (nSPS) is 10.7. The van der Waals surface area contributed by atoms with Gasteiger partial charge in [0.25, 0.3) is 0 Å². The Kier molecular flexibility index (Phi) is 5.20. The fraction of sp³-hybridized carbons (Fsp3) is 0.333. The Hall–Kier alpha value is -2.03. The SMILES string of the molecule is Cc1cc(CNc2ccccc2OCC(C)C)ccc1F. The highest BCUT2D eigenvalue weighted by atomic mass is 19.1. The van der Waals surface area contributed by atoms with E-state index in [2.05, 4.69) is 19.2 Å². The zero-order chi connectivity index (χ0) is 15.2. The average molecular weight is 287 g/mol. The van der Waals surface area contributed by atoms with Crippen molar-refractivity contribution in [1.29, 1.82) is 0 Å². The Labute approximate surface area is 126 Å². The molecule has 0 bridgehead atoms. The number of para-hydroxylation sites is 2. The molecule has 1 N–H and O–H groups in total. The van der Waals surface area contributed by atoms with E-state index in [0.717, 1.165) is 17.0 Å². The molecular formula is C18H22FNO. The third-order valence-corrected chi connectivity index (χ3v) is 3.16. The van der Waals surface area contributed by atoms with Crippen LogP contribution in [-0.2, 0) is 6.54 Å². The van der Waals surface area contributed by atoms with Gasteiger partial charge >= 0.3 is 0 Å². The largest absolute Gasteiger partial charge is 0.491 e. The Balaban J connectivity index is 2.03. The number of ether oxygens (including phenoxy) is 1. The van der Waals surface area contributed by atoms with Gasteiger partial charge in [-0.25, -0.2) is 4.39 Å². The van der Waals surface area contributed by atoms with Crippen LogP contribution in [0.4, 0.5) is 10.1 Å². The third kappa shape index (κ3) is 4.48. The van der Waals surface area contributed by atoms with Crippen LogP contribution in [0.2, 0.25) is 0 Å². The van der Waals surface area contributed by atoms with Crippen LogP contribution in [0.1, 0.15) is 25.0 Å². The second-order valence-electron chi connectivity index (χ2n) is 5.64. The van der Waals surface area contributed by atoms with E-state index in [0.29, 0.717) is 24.6 Å². The van der Waals surface area contributed by atoms with Crippen LogP contribution in [0.3, 0.4) is 0 Å². The molecule has 2 nitrogen and oxygen atoms in total. The van der Waals surface area contributed by atoms with E-state index in [-0.39, 0.29) is 5.82 Å². The first kappa shape index (κ1) is 15.4. The van der Waals surface area contributed by atoms with Crippen molar-refractivity contribution < 1.29 is 9.13 Å². The maximum absolute atomic E-state index is 13.3. The van der Waals surface area contributed by atoms with Gasteiger partial charge in [-0.1, -0.05) is 38.1 Å². The van der Waals surface area contributed by atoms with Gasteiger partial charge in [0.15, 0.2) is 0 Å². The molecule has 0 fully saturated rings. The smallest absolute Gasteiger partial charge is 0.142 e. The Morgan fingerprint density at radius 3 is 2.62 bits per heavy atom. The van der Waals surface area contributed by atoms with E-state index < -0.39 is 0 Å². The first-order valence-corrected chi connectivity index (χ1v) is 7.27. The number of benzene rings is 2. The third-order valence-electron chi connectivity index (χ3n) is 3.16. The van der Waals surface area contributed by atoms with Crippen LogP contribution in [0, 0.1) is 18.7 Å². The van der Waals surface area contributed by atoms with Gasteiger partial charge < -0.3 is 10.1 Å². The summed E-state index contributed by atoms with van der Waals surface area (Å²) in [6, 6.07) is 13.1. The molecule has 0 amide bonds. The average Bonchev–Trinajstić information content (AvgIpc) is 2.47. The lowest BCUT2D eigenvalue weighted by atomic mass is 10.1. The van der Waals surface area contributed by atoms with Crippen LogP contribution < -0.4 is 10.1 Å². The Morgan fingerprint density at radius 1 is 1.14 bits per heavy atom. The minimum atomic E-state index is -0.167. The van der Waals surface area contributed by atoms with E-state index in [1.165, 1.54) is 6.07 Å². The van der Waals surface area contributed by atoms with E-state index in [9.17, 15) is 4.39 Å². The lowest BCUT2D eigenvalue weighted by molar-refractivity contribution is 0.272. The zero-order valence-corrected chi connectivity index (χ0v) is 12.8. The minimum Gasteiger partial charge on any atom is -0.491 e. The monoisotopic (exact) mass is 287 g/mol. The molecule has 0 heterocycles. The molecule has 0 atom stereocenters. The van der Waals surface area contributed by atoms with Crippen molar-refractivity contribution in [3.05, 3.63) is 59.4 Å². The van der Waals surface area contributed by atoms with Crippen LogP contribution >= 0.6 is 0 Å². The molecule has 3 heteroatoms. The molecular weight excluding hydrogens is 265 g/mol. The van der Waals surface area contributed by atoms with Gasteiger partial charge in [0.05, 0.1) is 12.3 Å². The molecule has 21 heavy (non-hydrogen) atoms. The standard InChI is InChI=1S/C18H22FNO/c1-13(2)12-21-18-7-5-4-6-17(18)20-11-15-8-9-16(19)14(3)10-15/h4-10,13,20H,11-12H2,1-3H3. The second kappa shape index (κ2) is 7.11. The summed E-state index contributed by atoms with van der Waals surface area (Å²) in [5, 5.41) is 3.35. The van der Waals surface area contributed by atoms with Crippen molar-refractivity contribution >= 4 is 5.69 Å². The minimum absolute atomic E-state index is 0.167. The summed E-state index contributed by atoms with van der Waals surface area (Å²) in [6.45, 7) is 7.35. The molecule has 2 rings (SSSR count). The number of nitrogens with one attached hydrogen (secondary N) is 1. The van der Waals surface area contributed by atoms with Gasteiger partial charge in [0, 0.05) is 6.54 Å². The number of rotatable bonds is 6. The number of aryl methyl sites for hydroxylation is 1. The molecule has 0 unspecified atom stereocenters. The van der Waals surface area contributed by atoms with Gasteiger partial charge in [0.1, 0.15) is 11.6 Å². The topological polar surface area (TPSA) is 21.3 Å². The molecule has 0 saturated heterocycles. The van der Waals surface area contributed by atoms with Crippen molar-refractivity contribution in [1.82, 2.24) is 0 Å². The highest BCUT2D eigenvalue weighted by Crippen LogP contribution is 2.25. The predicted octanol–water partition coefficient (Wildman–Crippen LogP) is 4.78. The highest BCUT2D eigenvalue weighted by Gasteiger charge is 2.05. The lowest BCUT2D eigenvalue weighted by Gasteiger charge is -2.14. The Bertz CT molecular complexity index is 596. The maximum atomic E-state index is 13.3. The first-order chi connectivity index (χ1) is 10.1. The predicted molar refractivity (Wildman–Crippen MR) is 85.2 cm³/mol. The van der Waals surface area contributed by atoms with Crippen molar-refractivity contribution in [2.45, 2.75) is 27.3 Å². The summed E-state index contributed by atoms with van der Waals surface area (Å²) in [5.41, 5.74) is 2.67. The second-order valence-corrected chi connectivity index (χ2v) is 5.64. The molecule has 0 saturated carbocycles. The van der Waals surface area contributed by atoms with Crippen molar-refractivity contribution in [2.75, 3.05) is 11.9 Å². The molecule has 0 aliphatic rings. The highest BCUT2D eigenvalue weighted by molar-refractivity contribution is 5.56. The van der Waals surface area contributed by atoms with E-state index in [1.54, 1.807) is 13.0 Å². The van der Waals surface area contributed by atoms with Gasteiger partial charge in [-0.15, -0.1) is 0 Å². The fourth-order valence-corrected chi connectivity index (χ4v) is 2.01. The van der Waals surface area contributed by atoms with E-state index in [4.69, 9.17) is 4.74 Å². The number of halogens is 1. The summed E-state index contributed by atoms with van der Waals surface area (Å²) >= 11 is 0. The summed E-state index contributed by atoms with van der Waals surface area (Å²) in [6.07, 6.45) is 0. The molecule has 0 radical (unpaired) electrons. The van der Waals surface area contributed by atoms with E-state index >= 15 is 0 Å². The molecule has 0 spiro atoms. The van der Waals surface area contributed by atoms with Crippen LogP contribution in [0.25, 0.3) is 0 Å². The molecule has 112 valence electrons. The van der Waals surface area contributed by atoms with E-state index in [1.807, 2.05) is 30.3 Å². The first-order valence-electron chi connectivity index (χ1n) is 7.27. The number of hydrogen-bond donors (Lipinski definition) is 1. The van der Waals surface area contributed by atoms with Crippen LogP contribution in [0.15, 0.2) is 42.5 Å². The van der Waals surface area contributed by atoms with Gasteiger partial charge in [0.2, 0.25) is 0 Å². The number of anilines is 1. The quantitative estimate of drug-likeness (QED) is 0.825. The summed E-state index contributed by atoms with van der Waals surface area (Å²) in [5.74, 6) is 1.17. The Morgan fingerprint density at radius 2 is 1.90 bits per heavy atom. The van der Waals surface area contributed by atoms with Gasteiger partial charge in [-0.3, -0.25) is 0 Å². The lowest BCUT2D eigenvalue weighted by Crippen LogP contribution is -2.07. The fourth-order valence-electron chi connectivity index (χ4n) is 2.01. The van der Waals surface area contributed by atoms with Crippen LogP contribution in [-0.4, -0.2) is 6.61 Å². The molecule has 2 aromatic carbocycles. The maximum Gasteiger partial charge on any atom is 0.142 e. The molecule has 0 aliphatic carbocycles. The molecule has 0 aliphatic heterocycles. The number of hydrogen-bond acceptors (Lipinski definition) is 2. The summed E-state index contributed by atoms with van der Waals surface area (Å²) in [4.78, 5) is 0. The van der Waals surface area contributed by atoms with Crippen molar-refractivity contribution in [2.24, 2.45) is 5.92 Å². The van der Waals surface area contributed by atoms with Gasteiger partial charge in [-0.2, -0.15) is 0 Å². The van der Waals surface area contributed by atoms with Gasteiger partial charge in [-0.05, 0) is 42.2 Å². The zero-order valence-electron chi connectivity index (χ0n) is 12.8. The molecule has 2 aromatic rings. The summed E-state index contributed by atoms with van der Waals surface area (Å²) in [7, 11) is 0. The van der Waals surface area contributed by atoms with Crippen molar-refractivity contribution in [3.63, 3.8) is 0 Å². The molecule has 0 aromatic heterocycles.